The van der Waals surface area contributed by atoms with Gasteiger partial charge in [-0.25, -0.2) is 8.42 Å². The molecule has 0 saturated carbocycles. The highest BCUT2D eigenvalue weighted by Crippen LogP contribution is 2.31. The summed E-state index contributed by atoms with van der Waals surface area (Å²) in [5.74, 6) is 0.108. The van der Waals surface area contributed by atoms with Gasteiger partial charge in [-0.1, -0.05) is 55.8 Å². The van der Waals surface area contributed by atoms with E-state index in [1.807, 2.05) is 54.6 Å². The van der Waals surface area contributed by atoms with Crippen LogP contribution in [-0.4, -0.2) is 39.4 Å². The van der Waals surface area contributed by atoms with Gasteiger partial charge in [0.2, 0.25) is 15.9 Å². The first kappa shape index (κ1) is 26.2. The van der Waals surface area contributed by atoms with E-state index in [-0.39, 0.29) is 23.7 Å². The summed E-state index contributed by atoms with van der Waals surface area (Å²) in [4.78, 5) is 12.9. The number of amides is 1. The first-order valence-electron chi connectivity index (χ1n) is 11.5. The third-order valence-electron chi connectivity index (χ3n) is 5.57. The van der Waals surface area contributed by atoms with Crippen molar-refractivity contribution in [3.05, 3.63) is 83.9 Å². The van der Waals surface area contributed by atoms with E-state index in [0.717, 1.165) is 29.1 Å². The predicted octanol–water partition coefficient (Wildman–Crippen LogP) is 4.88. The molecular weight excluding hydrogens is 464 g/mol. The summed E-state index contributed by atoms with van der Waals surface area (Å²) in [6.07, 6.45) is 3.20. The maximum atomic E-state index is 13.7. The number of unbranched alkanes of at least 4 members (excludes halogenated alkanes) is 1. The second-order valence-corrected chi connectivity index (χ2v) is 10.0. The minimum Gasteiger partial charge on any atom is -0.497 e. The Kier molecular flexibility index (Phi) is 9.28. The smallest absolute Gasteiger partial charge is 0.247 e. The van der Waals surface area contributed by atoms with Crippen LogP contribution < -0.4 is 14.8 Å². The molecule has 35 heavy (non-hydrogen) atoms. The molecule has 0 aliphatic carbocycles. The molecule has 3 rings (SSSR count). The number of hydrogen-bond acceptors (Lipinski definition) is 5. The number of nitrogens with zero attached hydrogens (tertiary/aromatic N) is 1. The number of benzene rings is 3. The zero-order valence-electron chi connectivity index (χ0n) is 20.4. The molecule has 0 atom stereocenters. The van der Waals surface area contributed by atoms with Crippen LogP contribution in [0.1, 0.15) is 30.9 Å². The van der Waals surface area contributed by atoms with E-state index < -0.39 is 15.9 Å². The van der Waals surface area contributed by atoms with Crippen molar-refractivity contribution in [1.29, 1.82) is 0 Å². The van der Waals surface area contributed by atoms with Gasteiger partial charge in [0.1, 0.15) is 16.4 Å². The van der Waals surface area contributed by atoms with Crippen molar-refractivity contribution in [2.45, 2.75) is 37.6 Å². The van der Waals surface area contributed by atoms with Crippen molar-refractivity contribution in [1.82, 2.24) is 4.31 Å². The fourth-order valence-corrected chi connectivity index (χ4v) is 5.19. The van der Waals surface area contributed by atoms with Crippen LogP contribution in [0.4, 0.5) is 5.69 Å². The van der Waals surface area contributed by atoms with Gasteiger partial charge in [0.25, 0.3) is 0 Å². The molecule has 0 bridgehead atoms. The van der Waals surface area contributed by atoms with Crippen molar-refractivity contribution in [2.24, 2.45) is 0 Å². The molecule has 1 amide bonds. The zero-order chi connectivity index (χ0) is 25.3. The quantitative estimate of drug-likeness (QED) is 0.386. The van der Waals surface area contributed by atoms with Gasteiger partial charge in [0, 0.05) is 18.3 Å². The molecule has 0 spiro atoms. The normalized spacial score (nSPS) is 11.3. The van der Waals surface area contributed by atoms with Gasteiger partial charge in [0.05, 0.1) is 20.8 Å². The second-order valence-electron chi connectivity index (χ2n) is 8.12. The summed E-state index contributed by atoms with van der Waals surface area (Å²) in [6, 6.07) is 21.3. The van der Waals surface area contributed by atoms with Gasteiger partial charge in [-0.15, -0.1) is 0 Å². The first-order chi connectivity index (χ1) is 16.9. The lowest BCUT2D eigenvalue weighted by atomic mass is 10.1. The number of carbonyl (C=O) groups excluding carboxylic acids is 1. The average molecular weight is 497 g/mol. The van der Waals surface area contributed by atoms with Crippen molar-refractivity contribution in [3.63, 3.8) is 0 Å². The molecule has 0 aromatic heterocycles. The molecular formula is C27H32N2O5S. The van der Waals surface area contributed by atoms with Crippen molar-refractivity contribution >= 4 is 21.6 Å². The van der Waals surface area contributed by atoms with Gasteiger partial charge < -0.3 is 14.8 Å². The molecule has 186 valence electrons. The summed E-state index contributed by atoms with van der Waals surface area (Å²) < 4.78 is 39.1. The molecule has 8 heteroatoms. The van der Waals surface area contributed by atoms with Crippen LogP contribution in [0.3, 0.4) is 0 Å². The molecule has 3 aromatic carbocycles. The van der Waals surface area contributed by atoms with E-state index in [0.29, 0.717) is 11.4 Å². The minimum absolute atomic E-state index is 0.0207. The highest BCUT2D eigenvalue weighted by molar-refractivity contribution is 7.89. The van der Waals surface area contributed by atoms with Crippen molar-refractivity contribution in [2.75, 3.05) is 26.1 Å². The van der Waals surface area contributed by atoms with Crippen molar-refractivity contribution < 1.29 is 22.7 Å². The molecule has 7 nitrogen and oxygen atoms in total. The Morgan fingerprint density at radius 2 is 1.63 bits per heavy atom. The van der Waals surface area contributed by atoms with Crippen molar-refractivity contribution in [3.8, 4) is 11.5 Å². The lowest BCUT2D eigenvalue weighted by molar-refractivity contribution is -0.116. The molecule has 0 radical (unpaired) electrons. The average Bonchev–Trinajstić information content (AvgIpc) is 2.88. The van der Waals surface area contributed by atoms with Crippen LogP contribution in [-0.2, 0) is 27.8 Å². The molecule has 1 N–H and O–H groups in total. The highest BCUT2D eigenvalue weighted by atomic mass is 32.2. The maximum absolute atomic E-state index is 13.7. The molecule has 3 aromatic rings. The number of rotatable bonds is 12. The molecule has 0 aliphatic rings. The van der Waals surface area contributed by atoms with Crippen LogP contribution in [0.2, 0.25) is 0 Å². The van der Waals surface area contributed by atoms with Gasteiger partial charge >= 0.3 is 0 Å². The molecule has 0 aliphatic heterocycles. The number of ether oxygens (including phenoxy) is 2. The number of sulfonamides is 1. The number of anilines is 1. The Hall–Kier alpha value is -3.36. The monoisotopic (exact) mass is 496 g/mol. The predicted molar refractivity (Wildman–Crippen MR) is 137 cm³/mol. The van der Waals surface area contributed by atoms with Crippen LogP contribution in [0, 0.1) is 0 Å². The fraction of sp³-hybridized carbons (Fsp3) is 0.296. The third kappa shape index (κ3) is 7.07. The SMILES string of the molecule is CCCCc1ccc(NC(=O)CN(Cc2ccccc2)S(=O)(=O)c2cc(OC)ccc2OC)cc1. The molecule has 0 saturated heterocycles. The van der Waals surface area contributed by atoms with E-state index in [4.69, 9.17) is 9.47 Å². The standard InChI is InChI=1S/C27H32N2O5S/c1-4-5-9-21-12-14-23(15-13-21)28-27(30)20-29(19-22-10-7-6-8-11-22)35(31,32)26-18-24(33-2)16-17-25(26)34-3/h6-8,10-18H,4-5,9,19-20H2,1-3H3,(H,28,30). The highest BCUT2D eigenvalue weighted by Gasteiger charge is 2.30. The van der Waals surface area contributed by atoms with Crippen LogP contribution in [0.25, 0.3) is 0 Å². The Morgan fingerprint density at radius 3 is 2.26 bits per heavy atom. The van der Waals surface area contributed by atoms with Crippen LogP contribution >= 0.6 is 0 Å². The number of hydrogen-bond donors (Lipinski definition) is 1. The Balaban J connectivity index is 1.86. The summed E-state index contributed by atoms with van der Waals surface area (Å²) in [7, 11) is -1.25. The Morgan fingerprint density at radius 1 is 0.914 bits per heavy atom. The topological polar surface area (TPSA) is 84.9 Å². The number of aryl methyl sites for hydroxylation is 1. The van der Waals surface area contributed by atoms with Gasteiger partial charge in [-0.2, -0.15) is 4.31 Å². The van der Waals surface area contributed by atoms with E-state index in [1.165, 1.54) is 31.9 Å². The lowest BCUT2D eigenvalue weighted by Gasteiger charge is -2.23. The van der Waals surface area contributed by atoms with E-state index in [1.54, 1.807) is 6.07 Å². The van der Waals surface area contributed by atoms with Gasteiger partial charge in [-0.05, 0) is 48.2 Å². The molecule has 0 heterocycles. The fourth-order valence-electron chi connectivity index (χ4n) is 3.63. The zero-order valence-corrected chi connectivity index (χ0v) is 21.2. The largest absolute Gasteiger partial charge is 0.497 e. The maximum Gasteiger partial charge on any atom is 0.247 e. The molecule has 0 unspecified atom stereocenters. The third-order valence-corrected chi connectivity index (χ3v) is 7.38. The van der Waals surface area contributed by atoms with Gasteiger partial charge in [0.15, 0.2) is 0 Å². The van der Waals surface area contributed by atoms with E-state index in [2.05, 4.69) is 12.2 Å². The van der Waals surface area contributed by atoms with E-state index in [9.17, 15) is 13.2 Å². The first-order valence-corrected chi connectivity index (χ1v) is 13.0. The minimum atomic E-state index is -4.11. The number of carbonyl (C=O) groups is 1. The Bertz CT molecular complexity index is 1210. The number of nitrogens with one attached hydrogen (secondary N) is 1. The summed E-state index contributed by atoms with van der Waals surface area (Å²) in [5, 5.41) is 2.82. The summed E-state index contributed by atoms with van der Waals surface area (Å²) in [6.45, 7) is 1.80. The summed E-state index contributed by atoms with van der Waals surface area (Å²) >= 11 is 0. The van der Waals surface area contributed by atoms with Crippen LogP contribution in [0.5, 0.6) is 11.5 Å². The van der Waals surface area contributed by atoms with Crippen LogP contribution in [0.15, 0.2) is 77.7 Å². The second kappa shape index (κ2) is 12.4. The summed E-state index contributed by atoms with van der Waals surface area (Å²) in [5.41, 5.74) is 2.57. The lowest BCUT2D eigenvalue weighted by Crippen LogP contribution is -2.37. The molecule has 0 fully saturated rings. The Labute approximate surface area is 207 Å². The van der Waals surface area contributed by atoms with E-state index >= 15 is 0 Å². The number of methoxy groups -OCH3 is 2. The van der Waals surface area contributed by atoms with Gasteiger partial charge in [-0.3, -0.25) is 4.79 Å².